The molecule has 0 aliphatic carbocycles. The third-order valence-corrected chi connectivity index (χ3v) is 5.85. The molecule has 1 aliphatic rings. The van der Waals surface area contributed by atoms with Gasteiger partial charge in [0.25, 0.3) is 5.91 Å². The van der Waals surface area contributed by atoms with Crippen LogP contribution in [0.25, 0.3) is 0 Å². The fraction of sp³-hybridized carbons (Fsp3) is 0.381. The van der Waals surface area contributed by atoms with Gasteiger partial charge in [-0.3, -0.25) is 9.69 Å². The number of benzene rings is 2. The number of halogens is 1. The Kier molecular flexibility index (Phi) is 8.02. The lowest BCUT2D eigenvalue weighted by Crippen LogP contribution is -2.35. The lowest BCUT2D eigenvalue weighted by atomic mass is 10.1. The van der Waals surface area contributed by atoms with E-state index in [9.17, 15) is 4.79 Å². The number of amides is 1. The molecule has 1 saturated heterocycles. The smallest absolute Gasteiger partial charge is 0.251 e. The molecule has 0 unspecified atom stereocenters. The first kappa shape index (κ1) is 20.2. The van der Waals surface area contributed by atoms with Crippen molar-refractivity contribution in [3.05, 3.63) is 70.2 Å². The Labute approximate surface area is 170 Å². The van der Waals surface area contributed by atoms with Crippen molar-refractivity contribution >= 4 is 29.3 Å². The summed E-state index contributed by atoms with van der Waals surface area (Å²) in [6, 6.07) is 15.8. The molecule has 0 bridgehead atoms. The summed E-state index contributed by atoms with van der Waals surface area (Å²) in [7, 11) is 0. The summed E-state index contributed by atoms with van der Waals surface area (Å²) in [6.07, 6.45) is 0. The van der Waals surface area contributed by atoms with Crippen molar-refractivity contribution in [3.8, 4) is 0 Å². The van der Waals surface area contributed by atoms with E-state index in [1.54, 1.807) is 11.8 Å². The van der Waals surface area contributed by atoms with Crippen LogP contribution < -0.4 is 5.32 Å². The van der Waals surface area contributed by atoms with Crippen LogP contribution >= 0.6 is 23.4 Å². The van der Waals surface area contributed by atoms with Crippen molar-refractivity contribution in [2.24, 2.45) is 0 Å². The van der Waals surface area contributed by atoms with Crippen molar-refractivity contribution in [2.45, 2.75) is 12.3 Å². The number of thioether (sulfide) groups is 1. The molecule has 2 aromatic rings. The summed E-state index contributed by atoms with van der Waals surface area (Å²) in [5, 5.41) is 3.78. The Morgan fingerprint density at radius 3 is 2.59 bits per heavy atom. The monoisotopic (exact) mass is 404 g/mol. The van der Waals surface area contributed by atoms with E-state index in [0.29, 0.717) is 12.1 Å². The van der Waals surface area contributed by atoms with Crippen LogP contribution in [0.5, 0.6) is 0 Å². The lowest BCUT2D eigenvalue weighted by molar-refractivity contribution is 0.0342. The van der Waals surface area contributed by atoms with E-state index in [4.69, 9.17) is 16.3 Å². The Morgan fingerprint density at radius 2 is 1.85 bits per heavy atom. The molecule has 0 spiro atoms. The average molecular weight is 405 g/mol. The highest BCUT2D eigenvalue weighted by Crippen LogP contribution is 2.20. The minimum atomic E-state index is -0.0220. The average Bonchev–Trinajstić information content (AvgIpc) is 2.70. The summed E-state index contributed by atoms with van der Waals surface area (Å²) in [4.78, 5) is 14.6. The van der Waals surface area contributed by atoms with Gasteiger partial charge in [0, 0.05) is 48.3 Å². The number of carbonyl (C=O) groups is 1. The van der Waals surface area contributed by atoms with Gasteiger partial charge in [-0.2, -0.15) is 11.8 Å². The maximum absolute atomic E-state index is 12.3. The van der Waals surface area contributed by atoms with Gasteiger partial charge in [0.05, 0.1) is 13.2 Å². The van der Waals surface area contributed by atoms with E-state index in [0.717, 1.165) is 54.9 Å². The van der Waals surface area contributed by atoms with E-state index < -0.39 is 0 Å². The van der Waals surface area contributed by atoms with Crippen molar-refractivity contribution in [1.82, 2.24) is 10.2 Å². The molecule has 1 heterocycles. The summed E-state index contributed by atoms with van der Waals surface area (Å²) in [5.41, 5.74) is 3.06. The second kappa shape index (κ2) is 10.7. The molecule has 0 saturated carbocycles. The number of rotatable bonds is 8. The van der Waals surface area contributed by atoms with Gasteiger partial charge in [-0.25, -0.2) is 0 Å². The van der Waals surface area contributed by atoms with Gasteiger partial charge in [0.1, 0.15) is 0 Å². The second-order valence-corrected chi connectivity index (χ2v) is 8.00. The highest BCUT2D eigenvalue weighted by molar-refractivity contribution is 7.98. The fourth-order valence-electron chi connectivity index (χ4n) is 2.92. The zero-order valence-electron chi connectivity index (χ0n) is 15.3. The van der Waals surface area contributed by atoms with E-state index in [1.165, 1.54) is 5.56 Å². The maximum atomic E-state index is 12.3. The van der Waals surface area contributed by atoms with Crippen molar-refractivity contribution in [1.29, 1.82) is 0 Å². The zero-order chi connectivity index (χ0) is 18.9. The van der Waals surface area contributed by atoms with Crippen molar-refractivity contribution in [3.63, 3.8) is 0 Å². The Morgan fingerprint density at radius 1 is 1.11 bits per heavy atom. The number of morpholine rings is 1. The molecular weight excluding hydrogens is 380 g/mol. The molecule has 2 aromatic carbocycles. The van der Waals surface area contributed by atoms with Crippen LogP contribution in [0.1, 0.15) is 21.5 Å². The molecule has 1 N–H and O–H groups in total. The van der Waals surface area contributed by atoms with E-state index in [2.05, 4.69) is 10.2 Å². The first-order valence-electron chi connectivity index (χ1n) is 9.21. The van der Waals surface area contributed by atoms with Crippen LogP contribution in [0.4, 0.5) is 0 Å². The predicted molar refractivity (Wildman–Crippen MR) is 112 cm³/mol. The third-order valence-electron chi connectivity index (χ3n) is 4.47. The molecule has 1 fully saturated rings. The van der Waals surface area contributed by atoms with Gasteiger partial charge >= 0.3 is 0 Å². The van der Waals surface area contributed by atoms with Gasteiger partial charge in [0.15, 0.2) is 0 Å². The summed E-state index contributed by atoms with van der Waals surface area (Å²) >= 11 is 7.91. The largest absolute Gasteiger partial charge is 0.379 e. The molecule has 3 rings (SSSR count). The van der Waals surface area contributed by atoms with Gasteiger partial charge in [-0.15, -0.1) is 0 Å². The number of hydrogen-bond donors (Lipinski definition) is 1. The summed E-state index contributed by atoms with van der Waals surface area (Å²) in [6.45, 7) is 5.08. The number of hydrogen-bond acceptors (Lipinski definition) is 4. The molecular formula is C21H25ClN2O2S. The molecule has 1 aliphatic heterocycles. The van der Waals surface area contributed by atoms with Gasteiger partial charge in [0.2, 0.25) is 0 Å². The van der Waals surface area contributed by atoms with E-state index >= 15 is 0 Å². The Bertz CT molecular complexity index is 733. The number of ether oxygens (including phenoxy) is 1. The van der Waals surface area contributed by atoms with Gasteiger partial charge in [-0.1, -0.05) is 41.9 Å². The number of nitrogens with one attached hydrogen (secondary N) is 1. The highest BCUT2D eigenvalue weighted by atomic mass is 35.5. The SMILES string of the molecule is O=C(NCCSCc1ccccc1Cl)c1ccc(CN2CCOCC2)cc1. The maximum Gasteiger partial charge on any atom is 0.251 e. The van der Waals surface area contributed by atoms with Crippen LogP contribution in [0.2, 0.25) is 5.02 Å². The van der Waals surface area contributed by atoms with Crippen LogP contribution in [0.3, 0.4) is 0 Å². The molecule has 0 atom stereocenters. The van der Waals surface area contributed by atoms with Crippen LogP contribution in [-0.4, -0.2) is 49.4 Å². The second-order valence-electron chi connectivity index (χ2n) is 6.49. The summed E-state index contributed by atoms with van der Waals surface area (Å²) in [5.74, 6) is 1.68. The number of nitrogens with zero attached hydrogens (tertiary/aromatic N) is 1. The molecule has 0 aromatic heterocycles. The highest BCUT2D eigenvalue weighted by Gasteiger charge is 2.11. The molecule has 144 valence electrons. The lowest BCUT2D eigenvalue weighted by Gasteiger charge is -2.26. The van der Waals surface area contributed by atoms with Crippen LogP contribution in [0, 0.1) is 0 Å². The fourth-order valence-corrected chi connectivity index (χ4v) is 4.06. The van der Waals surface area contributed by atoms with Crippen molar-refractivity contribution < 1.29 is 9.53 Å². The first-order valence-corrected chi connectivity index (χ1v) is 10.7. The quantitative estimate of drug-likeness (QED) is 0.679. The predicted octanol–water partition coefficient (Wildman–Crippen LogP) is 3.84. The molecule has 6 heteroatoms. The van der Waals surface area contributed by atoms with E-state index in [1.807, 2.05) is 48.5 Å². The molecule has 4 nitrogen and oxygen atoms in total. The third kappa shape index (κ3) is 6.54. The Balaban J connectivity index is 1.37. The first-order chi connectivity index (χ1) is 13.2. The van der Waals surface area contributed by atoms with Crippen LogP contribution in [-0.2, 0) is 17.0 Å². The van der Waals surface area contributed by atoms with E-state index in [-0.39, 0.29) is 5.91 Å². The molecule has 27 heavy (non-hydrogen) atoms. The normalized spacial score (nSPS) is 14.9. The Hall–Kier alpha value is -1.53. The van der Waals surface area contributed by atoms with Gasteiger partial charge < -0.3 is 10.1 Å². The summed E-state index contributed by atoms with van der Waals surface area (Å²) < 4.78 is 5.37. The number of carbonyl (C=O) groups excluding carboxylic acids is 1. The topological polar surface area (TPSA) is 41.6 Å². The van der Waals surface area contributed by atoms with Crippen LogP contribution in [0.15, 0.2) is 48.5 Å². The standard InChI is InChI=1S/C21H25ClN2O2S/c22-20-4-2-1-3-19(20)16-27-14-9-23-21(25)18-7-5-17(6-8-18)15-24-10-12-26-13-11-24/h1-8H,9-16H2,(H,23,25). The minimum absolute atomic E-state index is 0.0220. The van der Waals surface area contributed by atoms with Crippen molar-refractivity contribution in [2.75, 3.05) is 38.6 Å². The minimum Gasteiger partial charge on any atom is -0.379 e. The molecule has 1 amide bonds. The molecule has 0 radical (unpaired) electrons. The van der Waals surface area contributed by atoms with Gasteiger partial charge in [-0.05, 0) is 29.3 Å². The zero-order valence-corrected chi connectivity index (χ0v) is 16.9.